The largest absolute Gasteiger partial charge is 0.379 e. The minimum atomic E-state index is 0.113. The van der Waals surface area contributed by atoms with Crippen LogP contribution < -0.4 is 5.32 Å². The molecule has 0 amide bonds. The highest BCUT2D eigenvalue weighted by molar-refractivity contribution is 4.86. The van der Waals surface area contributed by atoms with E-state index in [1.54, 1.807) is 7.11 Å². The van der Waals surface area contributed by atoms with Crippen molar-refractivity contribution in [2.75, 3.05) is 20.3 Å². The van der Waals surface area contributed by atoms with Crippen molar-refractivity contribution in [2.24, 2.45) is 5.41 Å². The van der Waals surface area contributed by atoms with Crippen LogP contribution in [0.25, 0.3) is 0 Å². The molecular formula is C13H29NO2. The maximum atomic E-state index is 5.69. The molecule has 0 fully saturated rings. The van der Waals surface area contributed by atoms with Gasteiger partial charge in [0.1, 0.15) is 0 Å². The fourth-order valence-electron chi connectivity index (χ4n) is 1.93. The average Bonchev–Trinajstić information content (AvgIpc) is 2.12. The molecule has 0 aromatic rings. The quantitative estimate of drug-likeness (QED) is 0.730. The van der Waals surface area contributed by atoms with E-state index in [1.807, 2.05) is 0 Å². The number of rotatable bonds is 7. The number of likely N-dealkylation sites (N-methyl/N-ethyl adjacent to an activating group) is 1. The zero-order chi connectivity index (χ0) is 12.8. The molecule has 2 atom stereocenters. The van der Waals surface area contributed by atoms with Gasteiger partial charge in [-0.3, -0.25) is 0 Å². The van der Waals surface area contributed by atoms with Crippen molar-refractivity contribution in [1.82, 2.24) is 5.32 Å². The molecule has 1 N–H and O–H groups in total. The van der Waals surface area contributed by atoms with Crippen LogP contribution in [0.4, 0.5) is 0 Å². The lowest BCUT2D eigenvalue weighted by Gasteiger charge is -2.36. The summed E-state index contributed by atoms with van der Waals surface area (Å²) in [5, 5.41) is 3.45. The zero-order valence-corrected chi connectivity index (χ0v) is 12.0. The molecule has 16 heavy (non-hydrogen) atoms. The van der Waals surface area contributed by atoms with Gasteiger partial charge >= 0.3 is 0 Å². The smallest absolute Gasteiger partial charge is 0.0794 e. The van der Waals surface area contributed by atoms with E-state index in [1.165, 1.54) is 0 Å². The van der Waals surface area contributed by atoms with Crippen molar-refractivity contribution < 1.29 is 9.47 Å². The molecule has 0 spiro atoms. The van der Waals surface area contributed by atoms with Gasteiger partial charge in [-0.2, -0.15) is 0 Å². The number of hydrogen-bond donors (Lipinski definition) is 1. The van der Waals surface area contributed by atoms with Gasteiger partial charge in [-0.15, -0.1) is 0 Å². The molecule has 2 unspecified atom stereocenters. The van der Waals surface area contributed by atoms with Crippen LogP contribution in [0.15, 0.2) is 0 Å². The molecule has 0 aliphatic carbocycles. The van der Waals surface area contributed by atoms with Crippen molar-refractivity contribution in [3.8, 4) is 0 Å². The van der Waals surface area contributed by atoms with E-state index in [0.29, 0.717) is 6.61 Å². The van der Waals surface area contributed by atoms with Crippen LogP contribution >= 0.6 is 0 Å². The van der Waals surface area contributed by atoms with Gasteiger partial charge in [-0.1, -0.05) is 27.7 Å². The second-order valence-electron chi connectivity index (χ2n) is 5.57. The molecule has 0 aromatic heterocycles. The van der Waals surface area contributed by atoms with Gasteiger partial charge in [-0.05, 0) is 25.8 Å². The van der Waals surface area contributed by atoms with Gasteiger partial charge in [0.25, 0.3) is 0 Å². The van der Waals surface area contributed by atoms with Crippen LogP contribution in [0.5, 0.6) is 0 Å². The molecule has 0 heterocycles. The topological polar surface area (TPSA) is 30.5 Å². The van der Waals surface area contributed by atoms with Crippen LogP contribution in [0.1, 0.15) is 41.5 Å². The SMILES string of the molecule is CCNC(COC(C)C)C(OC)C(C)(C)C. The third kappa shape index (κ3) is 5.83. The summed E-state index contributed by atoms with van der Waals surface area (Å²) >= 11 is 0. The second kappa shape index (κ2) is 7.25. The minimum absolute atomic E-state index is 0.113. The summed E-state index contributed by atoms with van der Waals surface area (Å²) < 4.78 is 11.3. The van der Waals surface area contributed by atoms with Crippen molar-refractivity contribution >= 4 is 0 Å². The van der Waals surface area contributed by atoms with E-state index >= 15 is 0 Å². The Kier molecular flexibility index (Phi) is 7.20. The Morgan fingerprint density at radius 3 is 2.06 bits per heavy atom. The van der Waals surface area contributed by atoms with Gasteiger partial charge in [0.05, 0.1) is 24.9 Å². The number of nitrogens with one attached hydrogen (secondary N) is 1. The van der Waals surface area contributed by atoms with Crippen LogP contribution in [-0.4, -0.2) is 38.5 Å². The monoisotopic (exact) mass is 231 g/mol. The fourth-order valence-corrected chi connectivity index (χ4v) is 1.93. The molecule has 3 heteroatoms. The summed E-state index contributed by atoms with van der Waals surface area (Å²) in [6.07, 6.45) is 0.421. The molecule has 0 aliphatic heterocycles. The molecule has 0 aliphatic rings. The normalized spacial score (nSPS) is 16.5. The van der Waals surface area contributed by atoms with Crippen LogP contribution in [0.2, 0.25) is 0 Å². The Morgan fingerprint density at radius 2 is 1.75 bits per heavy atom. The van der Waals surface area contributed by atoms with Gasteiger partial charge in [0.2, 0.25) is 0 Å². The molecule has 0 radical (unpaired) electrons. The van der Waals surface area contributed by atoms with Crippen molar-refractivity contribution in [3.63, 3.8) is 0 Å². The number of hydrogen-bond acceptors (Lipinski definition) is 3. The maximum absolute atomic E-state index is 5.69. The average molecular weight is 231 g/mol. The first kappa shape index (κ1) is 15.9. The fraction of sp³-hybridized carbons (Fsp3) is 1.00. The van der Waals surface area contributed by atoms with Crippen LogP contribution in [0.3, 0.4) is 0 Å². The Labute approximate surface area is 101 Å². The first-order chi connectivity index (χ1) is 7.32. The lowest BCUT2D eigenvalue weighted by atomic mass is 9.84. The summed E-state index contributed by atoms with van der Waals surface area (Å²) in [6, 6.07) is 0.248. The summed E-state index contributed by atoms with van der Waals surface area (Å²) in [4.78, 5) is 0. The van der Waals surface area contributed by atoms with Gasteiger partial charge in [0.15, 0.2) is 0 Å². The predicted octanol–water partition coefficient (Wildman–Crippen LogP) is 2.45. The molecule has 0 rings (SSSR count). The van der Waals surface area contributed by atoms with Crippen molar-refractivity contribution in [3.05, 3.63) is 0 Å². The molecule has 0 aromatic carbocycles. The highest BCUT2D eigenvalue weighted by Crippen LogP contribution is 2.24. The molecule has 0 saturated carbocycles. The molecule has 3 nitrogen and oxygen atoms in total. The maximum Gasteiger partial charge on any atom is 0.0794 e. The summed E-state index contributed by atoms with van der Waals surface area (Å²) in [5.41, 5.74) is 0.113. The van der Waals surface area contributed by atoms with E-state index in [4.69, 9.17) is 9.47 Å². The lowest BCUT2D eigenvalue weighted by molar-refractivity contribution is -0.0450. The van der Waals surface area contributed by atoms with E-state index in [0.717, 1.165) is 6.54 Å². The Morgan fingerprint density at radius 1 is 1.19 bits per heavy atom. The molecule has 0 saturated heterocycles. The first-order valence-electron chi connectivity index (χ1n) is 6.20. The second-order valence-corrected chi connectivity index (χ2v) is 5.57. The Hall–Kier alpha value is -0.120. The predicted molar refractivity (Wildman–Crippen MR) is 68.8 cm³/mol. The molecule has 0 bridgehead atoms. The van der Waals surface area contributed by atoms with E-state index in [-0.39, 0.29) is 23.7 Å². The Balaban J connectivity index is 4.46. The highest BCUT2D eigenvalue weighted by atomic mass is 16.5. The summed E-state index contributed by atoms with van der Waals surface area (Å²) in [7, 11) is 1.77. The van der Waals surface area contributed by atoms with E-state index < -0.39 is 0 Å². The lowest BCUT2D eigenvalue weighted by Crippen LogP contribution is -2.50. The van der Waals surface area contributed by atoms with Gasteiger partial charge in [-0.25, -0.2) is 0 Å². The van der Waals surface area contributed by atoms with E-state index in [2.05, 4.69) is 46.9 Å². The van der Waals surface area contributed by atoms with Crippen molar-refractivity contribution in [1.29, 1.82) is 0 Å². The Bertz CT molecular complexity index is 175. The standard InChI is InChI=1S/C13H29NO2/c1-8-14-11(9-16-10(2)3)12(15-7)13(4,5)6/h10-12,14H,8-9H2,1-7H3. The highest BCUT2D eigenvalue weighted by Gasteiger charge is 2.32. The third-order valence-electron chi connectivity index (χ3n) is 2.55. The van der Waals surface area contributed by atoms with Crippen molar-refractivity contribution in [2.45, 2.75) is 59.8 Å². The summed E-state index contributed by atoms with van der Waals surface area (Å²) in [6.45, 7) is 14.4. The van der Waals surface area contributed by atoms with E-state index in [9.17, 15) is 0 Å². The van der Waals surface area contributed by atoms with Gasteiger partial charge < -0.3 is 14.8 Å². The first-order valence-corrected chi connectivity index (χ1v) is 6.20. The number of methoxy groups -OCH3 is 1. The number of ether oxygens (including phenoxy) is 2. The van der Waals surface area contributed by atoms with Gasteiger partial charge in [0, 0.05) is 7.11 Å². The van der Waals surface area contributed by atoms with Crippen LogP contribution in [0, 0.1) is 5.41 Å². The van der Waals surface area contributed by atoms with Crippen LogP contribution in [-0.2, 0) is 9.47 Å². The summed E-state index contributed by atoms with van der Waals surface area (Å²) in [5.74, 6) is 0. The molecule has 98 valence electrons. The zero-order valence-electron chi connectivity index (χ0n) is 12.0. The minimum Gasteiger partial charge on any atom is -0.379 e. The third-order valence-corrected chi connectivity index (χ3v) is 2.55. The molecular weight excluding hydrogens is 202 g/mol.